The lowest BCUT2D eigenvalue weighted by Gasteiger charge is -2.32. The van der Waals surface area contributed by atoms with Gasteiger partial charge in [-0.2, -0.15) is 0 Å². The van der Waals surface area contributed by atoms with Crippen molar-refractivity contribution in [2.24, 2.45) is 0 Å². The monoisotopic (exact) mass is 812 g/mol. The maximum Gasteiger partial charge on any atom is 0.151 e. The van der Waals surface area contributed by atoms with Crippen molar-refractivity contribution < 1.29 is 9.47 Å². The Morgan fingerprint density at radius 1 is 0.333 bits per heavy atom. The molecule has 3 aliphatic rings. The van der Waals surface area contributed by atoms with Gasteiger partial charge in [0.2, 0.25) is 0 Å². The fraction of sp³-hybridized carbons (Fsp3) is 0.0847. The first-order chi connectivity index (χ1) is 31.1. The van der Waals surface area contributed by atoms with Crippen LogP contribution in [0.25, 0.3) is 44.5 Å². The van der Waals surface area contributed by atoms with Crippen LogP contribution in [-0.2, 0) is 5.41 Å². The van der Waals surface area contributed by atoms with Crippen LogP contribution in [0.3, 0.4) is 0 Å². The third kappa shape index (κ3) is 5.90. The second-order valence-corrected chi connectivity index (χ2v) is 16.7. The van der Waals surface area contributed by atoms with E-state index >= 15 is 0 Å². The molecule has 0 aromatic heterocycles. The van der Waals surface area contributed by atoms with Crippen molar-refractivity contribution in [2.75, 3.05) is 9.80 Å². The average Bonchev–Trinajstić information content (AvgIpc) is 3.63. The molecule has 9 aromatic carbocycles. The first kappa shape index (κ1) is 37.0. The number of ether oxygens (including phenoxy) is 2. The molecule has 4 heteroatoms. The minimum Gasteiger partial charge on any atom is -0.453 e. The van der Waals surface area contributed by atoms with E-state index < -0.39 is 0 Å². The Morgan fingerprint density at radius 2 is 0.619 bits per heavy atom. The highest BCUT2D eigenvalue weighted by atomic mass is 16.5. The van der Waals surface area contributed by atoms with Crippen LogP contribution < -0.4 is 19.3 Å². The van der Waals surface area contributed by atoms with Gasteiger partial charge >= 0.3 is 0 Å². The van der Waals surface area contributed by atoms with Gasteiger partial charge in [0.05, 0.1) is 22.7 Å². The standard InChI is InChI=1S/C59H44N2O2/c1-3-59(4-2)49-37-43(41-23-21-39(22-24-41)40-25-31-45(32-26-40)60-51-13-5-9-17-55(51)62-56-18-10-6-14-52(56)60)29-35-47(49)48-36-30-44(38-50(48)59)42-27-33-46(34-28-42)61-53-15-7-11-19-57(53)63-58-20-12-8-16-54(58)61/h5-38H,3-4H2,1-2H3. The zero-order valence-corrected chi connectivity index (χ0v) is 35.3. The highest BCUT2D eigenvalue weighted by Crippen LogP contribution is 2.55. The molecule has 0 atom stereocenters. The minimum atomic E-state index is -0.0684. The van der Waals surface area contributed by atoms with Gasteiger partial charge in [-0.25, -0.2) is 0 Å². The van der Waals surface area contributed by atoms with Crippen molar-refractivity contribution in [1.29, 1.82) is 0 Å². The van der Waals surface area contributed by atoms with Crippen LogP contribution in [0, 0.1) is 0 Å². The van der Waals surface area contributed by atoms with E-state index in [0.29, 0.717) is 0 Å². The Labute approximate surface area is 368 Å². The molecule has 63 heavy (non-hydrogen) atoms. The number of benzene rings is 9. The largest absolute Gasteiger partial charge is 0.453 e. The normalized spacial score (nSPS) is 13.7. The second-order valence-electron chi connectivity index (χ2n) is 16.7. The van der Waals surface area contributed by atoms with Gasteiger partial charge in [0, 0.05) is 16.8 Å². The number of para-hydroxylation sites is 8. The van der Waals surface area contributed by atoms with E-state index in [2.05, 4.69) is 181 Å². The molecule has 0 saturated heterocycles. The summed E-state index contributed by atoms with van der Waals surface area (Å²) in [5, 5.41) is 0. The highest BCUT2D eigenvalue weighted by molar-refractivity contribution is 5.90. The van der Waals surface area contributed by atoms with E-state index in [9.17, 15) is 0 Å². The fourth-order valence-corrected chi connectivity index (χ4v) is 10.3. The van der Waals surface area contributed by atoms with Gasteiger partial charge in [-0.05, 0) is 153 Å². The third-order valence-corrected chi connectivity index (χ3v) is 13.6. The van der Waals surface area contributed by atoms with Crippen LogP contribution in [0.4, 0.5) is 34.1 Å². The number of anilines is 6. The first-order valence-corrected chi connectivity index (χ1v) is 22.0. The molecule has 0 radical (unpaired) electrons. The van der Waals surface area contributed by atoms with Gasteiger partial charge in [0.1, 0.15) is 0 Å². The maximum atomic E-state index is 6.28. The quantitative estimate of drug-likeness (QED) is 0.160. The van der Waals surface area contributed by atoms with Gasteiger partial charge < -0.3 is 19.3 Å². The van der Waals surface area contributed by atoms with E-state index in [0.717, 1.165) is 70.0 Å². The molecule has 4 nitrogen and oxygen atoms in total. The molecule has 0 spiro atoms. The fourth-order valence-electron chi connectivity index (χ4n) is 10.3. The van der Waals surface area contributed by atoms with Gasteiger partial charge in [-0.1, -0.05) is 135 Å². The average molecular weight is 813 g/mol. The summed E-state index contributed by atoms with van der Waals surface area (Å²) in [4.78, 5) is 4.58. The van der Waals surface area contributed by atoms with E-state index in [1.165, 1.54) is 55.6 Å². The van der Waals surface area contributed by atoms with E-state index in [1.807, 2.05) is 48.5 Å². The van der Waals surface area contributed by atoms with Crippen molar-refractivity contribution in [3.8, 4) is 67.5 Å². The number of rotatable bonds is 7. The topological polar surface area (TPSA) is 24.9 Å². The van der Waals surface area contributed by atoms with Gasteiger partial charge in [0.25, 0.3) is 0 Å². The van der Waals surface area contributed by atoms with E-state index in [1.54, 1.807) is 0 Å². The smallest absolute Gasteiger partial charge is 0.151 e. The summed E-state index contributed by atoms with van der Waals surface area (Å²) >= 11 is 0. The van der Waals surface area contributed by atoms with Crippen molar-refractivity contribution >= 4 is 34.1 Å². The Bertz CT molecular complexity index is 3110. The molecule has 1 aliphatic carbocycles. The molecule has 2 aliphatic heterocycles. The summed E-state index contributed by atoms with van der Waals surface area (Å²) < 4.78 is 12.5. The zero-order chi connectivity index (χ0) is 42.1. The summed E-state index contributed by atoms with van der Waals surface area (Å²) in [5.74, 6) is 3.44. The number of hydrogen-bond acceptors (Lipinski definition) is 4. The van der Waals surface area contributed by atoms with E-state index in [4.69, 9.17) is 9.47 Å². The molecule has 0 amide bonds. The molecule has 2 heterocycles. The lowest BCUT2D eigenvalue weighted by atomic mass is 9.73. The Hall–Kier alpha value is -7.82. The predicted molar refractivity (Wildman–Crippen MR) is 259 cm³/mol. The van der Waals surface area contributed by atoms with Crippen molar-refractivity contribution in [2.45, 2.75) is 32.1 Å². The summed E-state index contributed by atoms with van der Waals surface area (Å²) in [6.45, 7) is 4.70. The third-order valence-electron chi connectivity index (χ3n) is 13.6. The molecule has 9 aromatic rings. The molecule has 0 N–H and O–H groups in total. The van der Waals surface area contributed by atoms with Crippen LogP contribution in [0.15, 0.2) is 206 Å². The summed E-state index contributed by atoms with van der Waals surface area (Å²) in [7, 11) is 0. The van der Waals surface area contributed by atoms with Crippen molar-refractivity contribution in [3.63, 3.8) is 0 Å². The lowest BCUT2D eigenvalue weighted by Crippen LogP contribution is -2.23. The Balaban J connectivity index is 0.821. The van der Waals surface area contributed by atoms with Gasteiger partial charge in [-0.15, -0.1) is 0 Å². The summed E-state index contributed by atoms with van der Waals surface area (Å²) in [6.07, 6.45) is 2.06. The van der Waals surface area contributed by atoms with Gasteiger partial charge in [-0.3, -0.25) is 0 Å². The van der Waals surface area contributed by atoms with E-state index in [-0.39, 0.29) is 5.41 Å². The molecule has 12 rings (SSSR count). The SMILES string of the molecule is CCC1(CC)c2cc(-c3ccc(-c4ccc(N5c6ccccc6Oc6ccccc65)cc4)cc3)ccc2-c2ccc(-c3ccc(N4c5ccccc5Oc5ccccc54)cc3)cc21. The maximum absolute atomic E-state index is 6.28. The van der Waals surface area contributed by atoms with Crippen LogP contribution in [0.2, 0.25) is 0 Å². The molecule has 0 bridgehead atoms. The Kier molecular flexibility index (Phi) is 8.62. The molecule has 0 unspecified atom stereocenters. The number of hydrogen-bond donors (Lipinski definition) is 0. The molecular formula is C59H44N2O2. The van der Waals surface area contributed by atoms with Crippen molar-refractivity contribution in [3.05, 3.63) is 217 Å². The summed E-state index contributed by atoms with van der Waals surface area (Å²) in [5.41, 5.74) is 19.2. The molecule has 0 saturated carbocycles. The minimum absolute atomic E-state index is 0.0684. The predicted octanol–water partition coefficient (Wildman–Crippen LogP) is 16.9. The number of nitrogens with zero attached hydrogens (tertiary/aromatic N) is 2. The highest BCUT2D eigenvalue weighted by Gasteiger charge is 2.41. The van der Waals surface area contributed by atoms with Crippen LogP contribution in [0.5, 0.6) is 23.0 Å². The second kappa shape index (κ2) is 14.7. The molecular weight excluding hydrogens is 769 g/mol. The Morgan fingerprint density at radius 3 is 0.952 bits per heavy atom. The first-order valence-electron chi connectivity index (χ1n) is 22.0. The van der Waals surface area contributed by atoms with Crippen LogP contribution in [0.1, 0.15) is 37.8 Å². The van der Waals surface area contributed by atoms with Crippen LogP contribution >= 0.6 is 0 Å². The van der Waals surface area contributed by atoms with Gasteiger partial charge in [0.15, 0.2) is 23.0 Å². The van der Waals surface area contributed by atoms with Crippen molar-refractivity contribution in [1.82, 2.24) is 0 Å². The lowest BCUT2D eigenvalue weighted by molar-refractivity contribution is 0.477. The molecule has 302 valence electrons. The zero-order valence-electron chi connectivity index (χ0n) is 35.3. The molecule has 0 fully saturated rings. The summed E-state index contributed by atoms with van der Waals surface area (Å²) in [6, 6.07) is 74.1. The van der Waals surface area contributed by atoms with Crippen LogP contribution in [-0.4, -0.2) is 0 Å². The number of fused-ring (bicyclic) bond motifs is 7.